The molecular formula is C46H58N4O10S. The summed E-state index contributed by atoms with van der Waals surface area (Å²) in [7, 11) is 3.13. The average molecular weight is 859 g/mol. The van der Waals surface area contributed by atoms with Crippen molar-refractivity contribution in [3.8, 4) is 17.2 Å². The van der Waals surface area contributed by atoms with Crippen molar-refractivity contribution >= 4 is 53.7 Å². The first kappa shape index (κ1) is 46.5. The Bertz CT molecular complexity index is 2070. The maximum absolute atomic E-state index is 14.0. The molecule has 4 amide bonds. The molecule has 61 heavy (non-hydrogen) atoms. The van der Waals surface area contributed by atoms with Gasteiger partial charge in [0.15, 0.2) is 11.5 Å². The number of carbonyl (C=O) groups is 6. The molecule has 0 radical (unpaired) electrons. The molecule has 15 heteroatoms. The molecule has 2 aliphatic heterocycles. The van der Waals surface area contributed by atoms with Gasteiger partial charge < -0.3 is 39.4 Å². The van der Waals surface area contributed by atoms with E-state index in [9.17, 15) is 28.8 Å². The van der Waals surface area contributed by atoms with Crippen LogP contribution in [0.5, 0.6) is 17.2 Å². The monoisotopic (exact) mass is 858 g/mol. The van der Waals surface area contributed by atoms with Crippen LogP contribution >= 0.6 is 12.6 Å². The molecule has 0 unspecified atom stereocenters. The molecule has 0 aromatic heterocycles. The van der Waals surface area contributed by atoms with Gasteiger partial charge >= 0.3 is 5.97 Å². The van der Waals surface area contributed by atoms with Crippen molar-refractivity contribution in [2.24, 2.45) is 5.41 Å². The zero-order chi connectivity index (χ0) is 44.3. The number of hydrogen-bond donors (Lipinski definition) is 3. The largest absolute Gasteiger partial charge is 0.493 e. The van der Waals surface area contributed by atoms with Gasteiger partial charge in [-0.15, -0.1) is 0 Å². The number of nitrogens with one attached hydrogen (secondary N) is 2. The highest BCUT2D eigenvalue weighted by molar-refractivity contribution is 7.81. The highest BCUT2D eigenvalue weighted by Crippen LogP contribution is 2.33. The van der Waals surface area contributed by atoms with Crippen molar-refractivity contribution in [2.75, 3.05) is 45.8 Å². The summed E-state index contributed by atoms with van der Waals surface area (Å²) in [6.07, 6.45) is 2.85. The van der Waals surface area contributed by atoms with Crippen molar-refractivity contribution in [1.82, 2.24) is 15.1 Å². The lowest BCUT2D eigenvalue weighted by molar-refractivity contribution is -0.164. The van der Waals surface area contributed by atoms with Gasteiger partial charge in [0.2, 0.25) is 17.6 Å². The lowest BCUT2D eigenvalue weighted by Crippen LogP contribution is -2.53. The average Bonchev–Trinajstić information content (AvgIpc) is 3.68. The number of carbonyl (C=O) groups excluding carboxylic acids is 6. The van der Waals surface area contributed by atoms with E-state index in [-0.39, 0.29) is 36.1 Å². The third kappa shape index (κ3) is 12.1. The number of amides is 4. The van der Waals surface area contributed by atoms with E-state index in [1.54, 1.807) is 70.5 Å². The number of hydrogen-bond acceptors (Lipinski definition) is 11. The van der Waals surface area contributed by atoms with Crippen LogP contribution in [-0.4, -0.2) is 103 Å². The Labute approximate surface area is 363 Å². The number of methoxy groups -OCH3 is 2. The summed E-state index contributed by atoms with van der Waals surface area (Å²) in [6.45, 7) is 7.72. The van der Waals surface area contributed by atoms with Gasteiger partial charge in [0.25, 0.3) is 11.8 Å². The molecule has 4 atom stereocenters. The van der Waals surface area contributed by atoms with E-state index in [1.165, 1.54) is 16.7 Å². The normalized spacial score (nSPS) is 18.1. The minimum Gasteiger partial charge on any atom is -0.493 e. The van der Waals surface area contributed by atoms with Crippen LogP contribution in [-0.2, 0) is 35.1 Å². The Morgan fingerprint density at radius 1 is 0.902 bits per heavy atom. The fraction of sp³-hybridized carbons (Fsp3) is 0.478. The highest BCUT2D eigenvalue weighted by atomic mass is 32.1. The molecule has 0 spiro atoms. The molecule has 2 heterocycles. The molecule has 3 aromatic rings. The number of aryl methyl sites for hydroxylation is 1. The zero-order valence-corrected chi connectivity index (χ0v) is 36.8. The van der Waals surface area contributed by atoms with Gasteiger partial charge in [-0.05, 0) is 98.5 Å². The van der Waals surface area contributed by atoms with E-state index in [0.29, 0.717) is 92.1 Å². The minimum absolute atomic E-state index is 0.0940. The molecule has 0 bridgehead atoms. The molecule has 2 saturated heterocycles. The summed E-state index contributed by atoms with van der Waals surface area (Å²) in [4.78, 5) is 81.8. The van der Waals surface area contributed by atoms with Crippen molar-refractivity contribution in [3.05, 3.63) is 83.4 Å². The summed E-state index contributed by atoms with van der Waals surface area (Å²) < 4.78 is 23.2. The Hall–Kier alpha value is -5.57. The summed E-state index contributed by atoms with van der Waals surface area (Å²) in [5.74, 6) is -1.02. The van der Waals surface area contributed by atoms with E-state index in [4.69, 9.17) is 18.9 Å². The first-order valence-corrected chi connectivity index (χ1v) is 21.3. The molecular weight excluding hydrogens is 801 g/mol. The molecule has 2 N–H and O–H groups in total. The highest BCUT2D eigenvalue weighted by Gasteiger charge is 2.41. The topological polar surface area (TPSA) is 170 Å². The third-order valence-corrected chi connectivity index (χ3v) is 11.8. The smallest absolute Gasteiger partial charge is 0.329 e. The number of ether oxygens (including phenoxy) is 4. The van der Waals surface area contributed by atoms with Crippen LogP contribution < -0.4 is 24.8 Å². The number of piperidine rings is 1. The maximum atomic E-state index is 14.0. The molecule has 2 fully saturated rings. The van der Waals surface area contributed by atoms with E-state index in [1.807, 2.05) is 31.2 Å². The standard InChI is InChI=1S/C46H58N4O10S/c1-7-46(3,4)41(52)44(55)49-22-9-8-16-36(49)45(56)60-38(19-17-30-18-20-39(57-5)40(24-30)58-6)31-12-11-15-34(26-31)59-23-21-47-42(53)32-13-10-14-33(25-32)48-43(54)37-27-35(61)28-50(37)29(2)51/h10-15,18,20,24-26,35-38,61H,7-9,16-17,19,21-23,27-28H2,1-6H3,(H,47,53)(H,48,54)/t35-,36-,37-,38+/m0/s1. The van der Waals surface area contributed by atoms with Crippen molar-refractivity contribution in [3.63, 3.8) is 0 Å². The molecule has 14 nitrogen and oxygen atoms in total. The third-order valence-electron chi connectivity index (χ3n) is 11.4. The molecule has 2 aliphatic rings. The lowest BCUT2D eigenvalue weighted by Gasteiger charge is -2.36. The van der Waals surface area contributed by atoms with Crippen molar-refractivity contribution < 1.29 is 47.7 Å². The number of thiol groups is 1. The fourth-order valence-electron chi connectivity index (χ4n) is 7.46. The molecule has 0 aliphatic carbocycles. The van der Waals surface area contributed by atoms with Crippen LogP contribution in [0.15, 0.2) is 66.7 Å². The Morgan fingerprint density at radius 3 is 2.38 bits per heavy atom. The number of nitrogens with zero attached hydrogens (tertiary/aromatic N) is 2. The first-order chi connectivity index (χ1) is 29.1. The molecule has 5 rings (SSSR count). The van der Waals surface area contributed by atoms with Crippen LogP contribution in [0.25, 0.3) is 0 Å². The minimum atomic E-state index is -0.897. The van der Waals surface area contributed by atoms with Gasteiger partial charge in [-0.3, -0.25) is 24.0 Å². The number of rotatable bonds is 18. The SMILES string of the molecule is CCC(C)(C)C(=O)C(=O)N1CCCC[C@H]1C(=O)O[C@H](CCc1ccc(OC)c(OC)c1)c1cccc(OCCNC(=O)c2cccc(NC(=O)[C@@H]3C[C@H](S)CN3C(C)=O)c2)c1. The summed E-state index contributed by atoms with van der Waals surface area (Å²) in [6, 6.07) is 17.8. The number of Topliss-reactive ketones (excluding diaryl/α,β-unsaturated/α-hetero) is 1. The number of anilines is 1. The van der Waals surface area contributed by atoms with Crippen LogP contribution in [0.3, 0.4) is 0 Å². The number of benzene rings is 3. The second kappa shape index (κ2) is 21.3. The number of likely N-dealkylation sites (tertiary alicyclic amines) is 2. The van der Waals surface area contributed by atoms with Crippen molar-refractivity contribution in [1.29, 1.82) is 0 Å². The van der Waals surface area contributed by atoms with E-state index in [0.717, 1.165) is 5.56 Å². The van der Waals surface area contributed by atoms with Crippen LogP contribution in [0.1, 0.15) is 93.8 Å². The predicted molar refractivity (Wildman–Crippen MR) is 233 cm³/mol. The maximum Gasteiger partial charge on any atom is 0.329 e. The second-order valence-corrected chi connectivity index (χ2v) is 16.8. The molecule has 3 aromatic carbocycles. The Morgan fingerprint density at radius 2 is 1.66 bits per heavy atom. The van der Waals surface area contributed by atoms with E-state index >= 15 is 0 Å². The summed E-state index contributed by atoms with van der Waals surface area (Å²) in [5.41, 5.74) is 1.50. The van der Waals surface area contributed by atoms with Gasteiger partial charge in [-0.2, -0.15) is 12.6 Å². The van der Waals surface area contributed by atoms with Crippen molar-refractivity contribution in [2.45, 2.75) is 96.1 Å². The van der Waals surface area contributed by atoms with E-state index < -0.39 is 41.3 Å². The zero-order valence-electron chi connectivity index (χ0n) is 35.9. The lowest BCUT2D eigenvalue weighted by atomic mass is 9.84. The van der Waals surface area contributed by atoms with Crippen LogP contribution in [0, 0.1) is 5.41 Å². The summed E-state index contributed by atoms with van der Waals surface area (Å²) in [5, 5.41) is 5.56. The van der Waals surface area contributed by atoms with Crippen LogP contribution in [0.2, 0.25) is 0 Å². The van der Waals surface area contributed by atoms with Gasteiger partial charge in [0.1, 0.15) is 30.5 Å². The number of esters is 1. The van der Waals surface area contributed by atoms with Crippen LogP contribution in [0.4, 0.5) is 5.69 Å². The molecule has 328 valence electrons. The quantitative estimate of drug-likeness (QED) is 0.0600. The fourth-order valence-corrected chi connectivity index (χ4v) is 7.84. The second-order valence-electron chi connectivity index (χ2n) is 16.1. The van der Waals surface area contributed by atoms with Gasteiger partial charge in [-0.25, -0.2) is 4.79 Å². The van der Waals surface area contributed by atoms with E-state index in [2.05, 4.69) is 23.3 Å². The Balaban J connectivity index is 1.24. The number of ketones is 1. The first-order valence-electron chi connectivity index (χ1n) is 20.8. The predicted octanol–water partition coefficient (Wildman–Crippen LogP) is 5.97. The van der Waals surface area contributed by atoms with Gasteiger partial charge in [-0.1, -0.05) is 45.0 Å². The van der Waals surface area contributed by atoms with Gasteiger partial charge in [0, 0.05) is 41.9 Å². The van der Waals surface area contributed by atoms with Gasteiger partial charge in [0.05, 0.1) is 20.8 Å². The summed E-state index contributed by atoms with van der Waals surface area (Å²) >= 11 is 4.45. The molecule has 0 saturated carbocycles. The Kier molecular flexibility index (Phi) is 16.2.